The third kappa shape index (κ3) is 2.92. The molecule has 3 aromatic carbocycles. The summed E-state index contributed by atoms with van der Waals surface area (Å²) in [6, 6.07) is 18.2. The predicted octanol–water partition coefficient (Wildman–Crippen LogP) is 3.64. The van der Waals surface area contributed by atoms with Gasteiger partial charge in [-0.25, -0.2) is 4.79 Å². The number of hydrogen-bond acceptors (Lipinski definition) is 5. The number of Topliss-reactive ketones (excluding diaryl/α,β-unsaturated/α-hetero) is 1. The van der Waals surface area contributed by atoms with Crippen molar-refractivity contribution in [2.75, 3.05) is 13.3 Å². The first-order chi connectivity index (χ1) is 15.9. The maximum absolute atomic E-state index is 13.3. The maximum Gasteiger partial charge on any atom is 0.325 e. The first kappa shape index (κ1) is 19.5. The van der Waals surface area contributed by atoms with E-state index in [1.165, 1.54) is 5.56 Å². The Morgan fingerprint density at radius 1 is 0.970 bits per heavy atom. The minimum Gasteiger partial charge on any atom is -0.454 e. The van der Waals surface area contributed by atoms with E-state index in [4.69, 9.17) is 9.47 Å². The molecule has 164 valence electrons. The lowest BCUT2D eigenvalue weighted by Gasteiger charge is -2.22. The summed E-state index contributed by atoms with van der Waals surface area (Å²) in [5.41, 5.74) is 4.28. The summed E-state index contributed by atoms with van der Waals surface area (Å²) in [6.07, 6.45) is 0.834. The highest BCUT2D eigenvalue weighted by atomic mass is 16.7. The summed E-state index contributed by atoms with van der Waals surface area (Å²) < 4.78 is 10.7. The lowest BCUT2D eigenvalue weighted by Crippen LogP contribution is -2.41. The molecule has 1 N–H and O–H groups in total. The van der Waals surface area contributed by atoms with Crippen molar-refractivity contribution in [3.63, 3.8) is 0 Å². The van der Waals surface area contributed by atoms with Gasteiger partial charge in [-0.3, -0.25) is 14.5 Å². The first-order valence-corrected chi connectivity index (χ1v) is 10.7. The third-order valence-corrected chi connectivity index (χ3v) is 6.65. The number of amides is 3. The standard InChI is InChI=1S/C26H20N2O5/c1-26(18-8-9-22-23(12-18)33-14-32-22)24(30)28(25(31)27-26)13-21(29)17-7-6-16-10-15-4-2-3-5-19(15)20(16)11-17/h2-9,11-12H,10,13-14H2,1H3,(H,27,31). The van der Waals surface area contributed by atoms with E-state index in [0.717, 1.165) is 28.0 Å². The number of benzene rings is 3. The molecule has 2 aliphatic heterocycles. The summed E-state index contributed by atoms with van der Waals surface area (Å²) in [6.45, 7) is 1.41. The van der Waals surface area contributed by atoms with Gasteiger partial charge < -0.3 is 14.8 Å². The molecule has 0 aromatic heterocycles. The average Bonchev–Trinajstić information content (AvgIpc) is 3.49. The van der Waals surface area contributed by atoms with Crippen LogP contribution in [-0.2, 0) is 16.8 Å². The number of hydrogen-bond donors (Lipinski definition) is 1. The van der Waals surface area contributed by atoms with Crippen molar-refractivity contribution in [3.8, 4) is 22.6 Å². The number of nitrogens with one attached hydrogen (secondary N) is 1. The molecule has 1 unspecified atom stereocenters. The Balaban J connectivity index is 1.26. The van der Waals surface area contributed by atoms with E-state index >= 15 is 0 Å². The van der Waals surface area contributed by atoms with Gasteiger partial charge in [0.15, 0.2) is 17.3 Å². The molecule has 3 amide bonds. The van der Waals surface area contributed by atoms with Gasteiger partial charge in [0.1, 0.15) is 5.54 Å². The number of fused-ring (bicyclic) bond motifs is 4. The minimum absolute atomic E-state index is 0.113. The highest BCUT2D eigenvalue weighted by Crippen LogP contribution is 2.39. The molecule has 0 bridgehead atoms. The molecule has 3 aromatic rings. The van der Waals surface area contributed by atoms with Crippen LogP contribution in [0.15, 0.2) is 60.7 Å². The number of ketones is 1. The summed E-state index contributed by atoms with van der Waals surface area (Å²) in [5, 5.41) is 2.74. The summed E-state index contributed by atoms with van der Waals surface area (Å²) in [7, 11) is 0. The van der Waals surface area contributed by atoms with Gasteiger partial charge in [-0.15, -0.1) is 0 Å². The van der Waals surface area contributed by atoms with Crippen LogP contribution in [0.5, 0.6) is 11.5 Å². The monoisotopic (exact) mass is 440 g/mol. The second-order valence-electron chi connectivity index (χ2n) is 8.64. The molecule has 7 heteroatoms. The van der Waals surface area contributed by atoms with Crippen LogP contribution >= 0.6 is 0 Å². The largest absolute Gasteiger partial charge is 0.454 e. The van der Waals surface area contributed by atoms with E-state index in [9.17, 15) is 14.4 Å². The molecule has 7 nitrogen and oxygen atoms in total. The van der Waals surface area contributed by atoms with Crippen molar-refractivity contribution in [1.82, 2.24) is 10.2 Å². The van der Waals surface area contributed by atoms with E-state index in [1.807, 2.05) is 30.3 Å². The number of rotatable bonds is 4. The van der Waals surface area contributed by atoms with Crippen LogP contribution in [0.25, 0.3) is 11.1 Å². The van der Waals surface area contributed by atoms with E-state index in [2.05, 4.69) is 11.4 Å². The second-order valence-corrected chi connectivity index (χ2v) is 8.64. The van der Waals surface area contributed by atoms with Gasteiger partial charge in [-0.05, 0) is 59.4 Å². The van der Waals surface area contributed by atoms with Crippen molar-refractivity contribution in [3.05, 3.63) is 82.9 Å². The highest BCUT2D eigenvalue weighted by molar-refractivity contribution is 6.11. The normalized spacial score (nSPS) is 20.0. The Bertz CT molecular complexity index is 1360. The first-order valence-electron chi connectivity index (χ1n) is 10.7. The van der Waals surface area contributed by atoms with Gasteiger partial charge in [0.25, 0.3) is 5.91 Å². The number of carbonyl (C=O) groups is 3. The number of carbonyl (C=O) groups excluding carboxylic acids is 3. The van der Waals surface area contributed by atoms with Crippen molar-refractivity contribution < 1.29 is 23.9 Å². The molecule has 0 saturated carbocycles. The molecule has 1 aliphatic carbocycles. The van der Waals surface area contributed by atoms with Crippen LogP contribution in [0.3, 0.4) is 0 Å². The highest BCUT2D eigenvalue weighted by Gasteiger charge is 2.50. The van der Waals surface area contributed by atoms with Crippen molar-refractivity contribution in [2.24, 2.45) is 0 Å². The smallest absolute Gasteiger partial charge is 0.325 e. The van der Waals surface area contributed by atoms with E-state index in [1.54, 1.807) is 31.2 Å². The molecule has 3 aliphatic rings. The zero-order chi connectivity index (χ0) is 22.7. The van der Waals surface area contributed by atoms with Gasteiger partial charge in [0.2, 0.25) is 6.79 Å². The topological polar surface area (TPSA) is 84.9 Å². The van der Waals surface area contributed by atoms with Crippen LogP contribution in [0, 0.1) is 0 Å². The Morgan fingerprint density at radius 3 is 2.64 bits per heavy atom. The van der Waals surface area contributed by atoms with Gasteiger partial charge >= 0.3 is 6.03 Å². The van der Waals surface area contributed by atoms with Gasteiger partial charge in [0.05, 0.1) is 6.54 Å². The molecule has 0 spiro atoms. The molecule has 1 saturated heterocycles. The Morgan fingerprint density at radius 2 is 1.76 bits per heavy atom. The lowest BCUT2D eigenvalue weighted by atomic mass is 9.91. The molecule has 2 heterocycles. The zero-order valence-corrected chi connectivity index (χ0v) is 17.9. The SMILES string of the molecule is CC1(c2ccc3c(c2)OCO3)NC(=O)N(CC(=O)c2ccc3c(c2)-c2ccccc2C3)C1=O. The Labute approximate surface area is 189 Å². The molecule has 1 atom stereocenters. The summed E-state index contributed by atoms with van der Waals surface area (Å²) in [4.78, 5) is 40.1. The number of urea groups is 1. The molecular weight excluding hydrogens is 420 g/mol. The molecule has 33 heavy (non-hydrogen) atoms. The fraction of sp³-hybridized carbons (Fsp3) is 0.192. The summed E-state index contributed by atoms with van der Waals surface area (Å²) in [5.74, 6) is 0.333. The predicted molar refractivity (Wildman–Crippen MR) is 119 cm³/mol. The quantitative estimate of drug-likeness (QED) is 0.387. The van der Waals surface area contributed by atoms with E-state index in [0.29, 0.717) is 22.6 Å². The van der Waals surface area contributed by atoms with Crippen LogP contribution in [0.2, 0.25) is 0 Å². The number of ether oxygens (including phenoxy) is 2. The van der Waals surface area contributed by atoms with Crippen LogP contribution in [0.1, 0.15) is 34.0 Å². The second kappa shape index (κ2) is 6.93. The van der Waals surface area contributed by atoms with Gasteiger partial charge in [0, 0.05) is 5.56 Å². The van der Waals surface area contributed by atoms with E-state index < -0.39 is 17.5 Å². The van der Waals surface area contributed by atoms with Crippen LogP contribution in [-0.4, -0.2) is 36.0 Å². The molecule has 0 radical (unpaired) electrons. The average molecular weight is 440 g/mol. The van der Waals surface area contributed by atoms with Crippen LogP contribution in [0.4, 0.5) is 4.79 Å². The molecule has 6 rings (SSSR count). The van der Waals surface area contributed by atoms with Crippen LogP contribution < -0.4 is 14.8 Å². The van der Waals surface area contributed by atoms with Crippen molar-refractivity contribution in [2.45, 2.75) is 18.9 Å². The maximum atomic E-state index is 13.3. The Kier molecular flexibility index (Phi) is 4.11. The van der Waals surface area contributed by atoms with E-state index in [-0.39, 0.29) is 19.1 Å². The zero-order valence-electron chi connectivity index (χ0n) is 17.9. The third-order valence-electron chi connectivity index (χ3n) is 6.65. The van der Waals surface area contributed by atoms with Crippen molar-refractivity contribution >= 4 is 17.7 Å². The molecule has 1 fully saturated rings. The fourth-order valence-electron chi connectivity index (χ4n) is 4.78. The molecular formula is C26H20N2O5. The summed E-state index contributed by atoms with van der Waals surface area (Å²) >= 11 is 0. The van der Waals surface area contributed by atoms with Gasteiger partial charge in [-0.2, -0.15) is 0 Å². The number of nitrogens with zero attached hydrogens (tertiary/aromatic N) is 1. The van der Waals surface area contributed by atoms with Gasteiger partial charge in [-0.1, -0.05) is 42.5 Å². The lowest BCUT2D eigenvalue weighted by molar-refractivity contribution is -0.130. The fourth-order valence-corrected chi connectivity index (χ4v) is 4.78. The number of imide groups is 1. The minimum atomic E-state index is -1.30. The van der Waals surface area contributed by atoms with Crippen molar-refractivity contribution in [1.29, 1.82) is 0 Å². The Hall–Kier alpha value is -4.13.